The molecule has 1 heterocycles. The smallest absolute Gasteiger partial charge is 0.311 e. The van der Waals surface area contributed by atoms with E-state index in [-0.39, 0.29) is 48.2 Å². The van der Waals surface area contributed by atoms with Gasteiger partial charge in [0.15, 0.2) is 0 Å². The Kier molecular flexibility index (Phi) is 55.4. The average molecular weight is 1500 g/mol. The molecule has 0 radical (unpaired) electrons. The van der Waals surface area contributed by atoms with Crippen molar-refractivity contribution in [2.45, 2.75) is 294 Å². The summed E-state index contributed by atoms with van der Waals surface area (Å²) < 4.78 is 60.5. The lowest BCUT2D eigenvalue weighted by molar-refractivity contribution is -0.150. The van der Waals surface area contributed by atoms with Gasteiger partial charge in [0.2, 0.25) is 0 Å². The van der Waals surface area contributed by atoms with Crippen LogP contribution in [0, 0.1) is 76.9 Å². The summed E-state index contributed by atoms with van der Waals surface area (Å²) in [5.74, 6) is 10.3. The summed E-state index contributed by atoms with van der Waals surface area (Å²) in [6, 6.07) is 33.8. The first-order valence-corrected chi connectivity index (χ1v) is 41.0. The Labute approximate surface area is 655 Å². The molecule has 14 heteroatoms. The Morgan fingerprint density at radius 3 is 1.07 bits per heavy atom. The normalized spacial score (nSPS) is 15.5. The molecule has 1 N–H and O–H groups in total. The molecule has 616 valence electrons. The third-order valence-corrected chi connectivity index (χ3v) is 19.2. The first-order valence-electron chi connectivity index (χ1n) is 41.0. The predicted octanol–water partition coefficient (Wildman–Crippen LogP) is 23.1. The Morgan fingerprint density at radius 2 is 0.748 bits per heavy atom. The highest BCUT2D eigenvalue weighted by molar-refractivity contribution is 5.72. The summed E-state index contributed by atoms with van der Waals surface area (Å²) in [6.45, 7) is 71.3. The van der Waals surface area contributed by atoms with Crippen molar-refractivity contribution in [3.05, 3.63) is 125 Å². The number of phenols is 1. The molecule has 2 fully saturated rings. The van der Waals surface area contributed by atoms with Crippen LogP contribution in [0.3, 0.4) is 0 Å². The number of methoxy groups -OCH3 is 1. The molecule has 2 aliphatic rings. The number of rotatable bonds is 38. The van der Waals surface area contributed by atoms with E-state index in [2.05, 4.69) is 187 Å². The first kappa shape index (κ1) is 102. The van der Waals surface area contributed by atoms with Gasteiger partial charge in [0.05, 0.1) is 95.4 Å². The summed E-state index contributed by atoms with van der Waals surface area (Å²) in [4.78, 5) is 22.1. The maximum atomic E-state index is 11.3. The lowest BCUT2D eigenvalue weighted by atomic mass is 9.83. The number of esters is 2. The van der Waals surface area contributed by atoms with E-state index in [4.69, 9.17) is 47.4 Å². The maximum absolute atomic E-state index is 11.3. The fraction of sp³-hybridized carbons (Fsp3) is 0.720. The standard InChI is InChI=1S/C21H28O2.C16H24O3.C14H22O2.C12H24O2.C11H22O.C10H20O3.C9H20O/c1-16(2)21(15-22-17(3)4)19-10-12-20(13-11-19)23-14-18-8-6-5-7-9-18;1-11(2)16(10-18-12(3)4)14-6-8-15(9-7-14)19-13(5)17;1-10(2)14(9-16-11(3)4)12-5-7-13(15)8-6-12;1-9(2)12(8-14-10(3)4)11-5-6-13-7-11;1-8(2)11(10-5-6-10)7-12-9(3)4;1-7(2)9(10(11)12-5)6-13-8(3)4;1-7(2)9(5)6-10-8(3)4/h5-13,16-17,21H,14-15H2,1-4H3;6-9,11-12,16H,10H2,1-5H3;5-8,10-11,14-15H,9H2,1-4H3;9-12H,5-8H2,1-4H3;8-11H,5-7H2,1-4H3;7-9H,6H2,1-5H3;7-9H,6H2,1-5H3. The predicted molar refractivity (Wildman–Crippen MR) is 446 cm³/mol. The molecule has 0 aromatic heterocycles. The molecular weight excluding hydrogens is 1340 g/mol. The number of ether oxygens (including phenoxy) is 11. The highest BCUT2D eigenvalue weighted by atomic mass is 16.5. The van der Waals surface area contributed by atoms with E-state index in [9.17, 15) is 14.7 Å². The Morgan fingerprint density at radius 1 is 0.393 bits per heavy atom. The van der Waals surface area contributed by atoms with Crippen LogP contribution in [0.25, 0.3) is 0 Å². The molecule has 0 spiro atoms. The molecule has 1 saturated heterocycles. The molecule has 6 rings (SSSR count). The minimum atomic E-state index is -0.295. The van der Waals surface area contributed by atoms with Gasteiger partial charge in [-0.3, -0.25) is 9.59 Å². The number of phenolic OH excluding ortho intramolecular Hbond substituents is 1. The van der Waals surface area contributed by atoms with Crippen molar-refractivity contribution in [2.24, 2.45) is 76.9 Å². The van der Waals surface area contributed by atoms with Crippen LogP contribution >= 0.6 is 0 Å². The summed E-state index contributed by atoms with van der Waals surface area (Å²) in [5.41, 5.74) is 4.94. The lowest BCUT2D eigenvalue weighted by Gasteiger charge is -2.26. The van der Waals surface area contributed by atoms with E-state index >= 15 is 0 Å². The van der Waals surface area contributed by atoms with Crippen LogP contribution in [0.5, 0.6) is 17.2 Å². The van der Waals surface area contributed by atoms with Gasteiger partial charge in [-0.2, -0.15) is 0 Å². The van der Waals surface area contributed by atoms with Crippen molar-refractivity contribution in [3.63, 3.8) is 0 Å². The highest BCUT2D eigenvalue weighted by Crippen LogP contribution is 2.41. The summed E-state index contributed by atoms with van der Waals surface area (Å²) in [7, 11) is 1.41. The molecule has 4 aromatic carbocycles. The van der Waals surface area contributed by atoms with Crippen molar-refractivity contribution in [2.75, 3.05) is 66.6 Å². The molecule has 8 unspecified atom stereocenters. The quantitative estimate of drug-likeness (QED) is 0.0334. The minimum absolute atomic E-state index is 0.146. The second-order valence-electron chi connectivity index (χ2n) is 33.7. The Hall–Kier alpha value is -4.90. The van der Waals surface area contributed by atoms with Crippen LogP contribution in [0.4, 0.5) is 0 Å². The second-order valence-corrected chi connectivity index (χ2v) is 33.7. The van der Waals surface area contributed by atoms with E-state index in [0.29, 0.717) is 109 Å². The molecule has 14 nitrogen and oxygen atoms in total. The van der Waals surface area contributed by atoms with Crippen molar-refractivity contribution in [1.82, 2.24) is 0 Å². The van der Waals surface area contributed by atoms with Crippen LogP contribution in [0.15, 0.2) is 103 Å². The third-order valence-electron chi connectivity index (χ3n) is 19.2. The van der Waals surface area contributed by atoms with Gasteiger partial charge in [-0.15, -0.1) is 0 Å². The average Bonchev–Trinajstić information content (AvgIpc) is 1.88. The van der Waals surface area contributed by atoms with Gasteiger partial charge in [-0.05, 0) is 246 Å². The van der Waals surface area contributed by atoms with E-state index < -0.39 is 0 Å². The number of hydrogen-bond donors (Lipinski definition) is 1. The molecule has 0 bridgehead atoms. The van der Waals surface area contributed by atoms with Gasteiger partial charge in [-0.1, -0.05) is 171 Å². The SMILES string of the molecule is CC(=O)Oc1ccc(C(COC(C)C)C(C)C)cc1.CC(C)OCC(C(C)C)C1CC1.CC(C)OCC(C(C)C)C1CCOC1.CC(C)OCC(C)C(C)C.CC(C)OCC(c1ccc(O)cc1)C(C)C.CC(C)OCC(c1ccc(OCc2ccccc2)cc1)C(C)C.COC(=O)C(COC(C)C)C(C)C. The highest BCUT2D eigenvalue weighted by Gasteiger charge is 2.33. The largest absolute Gasteiger partial charge is 0.508 e. The van der Waals surface area contributed by atoms with Crippen molar-refractivity contribution in [3.8, 4) is 17.2 Å². The number of aromatic hydroxyl groups is 1. The summed E-state index contributed by atoms with van der Waals surface area (Å²) in [6.07, 6.45) is 6.12. The van der Waals surface area contributed by atoms with E-state index in [1.807, 2.05) is 110 Å². The maximum Gasteiger partial charge on any atom is 0.311 e. The molecule has 4 aromatic rings. The molecular formula is C93H160O14. The van der Waals surface area contributed by atoms with Gasteiger partial charge in [0, 0.05) is 44.5 Å². The van der Waals surface area contributed by atoms with Crippen LogP contribution in [0.1, 0.15) is 267 Å². The zero-order valence-electron chi connectivity index (χ0n) is 73.5. The number of carbonyl (C=O) groups excluding carboxylic acids is 2. The molecule has 107 heavy (non-hydrogen) atoms. The lowest BCUT2D eigenvalue weighted by Crippen LogP contribution is -2.27. The fourth-order valence-electron chi connectivity index (χ4n) is 11.4. The molecule has 0 amide bonds. The van der Waals surface area contributed by atoms with E-state index in [1.54, 1.807) is 12.1 Å². The van der Waals surface area contributed by atoms with Gasteiger partial charge in [-0.25, -0.2) is 0 Å². The first-order chi connectivity index (χ1) is 50.2. The Bertz CT molecular complexity index is 2740. The van der Waals surface area contributed by atoms with Crippen molar-refractivity contribution >= 4 is 11.9 Å². The zero-order valence-corrected chi connectivity index (χ0v) is 73.5. The van der Waals surface area contributed by atoms with Gasteiger partial charge in [0.25, 0.3) is 0 Å². The van der Waals surface area contributed by atoms with Crippen LogP contribution in [-0.2, 0) is 58.8 Å². The molecule has 1 saturated carbocycles. The summed E-state index contributed by atoms with van der Waals surface area (Å²) >= 11 is 0. The molecule has 1 aliphatic carbocycles. The summed E-state index contributed by atoms with van der Waals surface area (Å²) in [5, 5.41) is 9.26. The van der Waals surface area contributed by atoms with E-state index in [0.717, 1.165) is 75.7 Å². The topological polar surface area (TPSA) is 156 Å². The third kappa shape index (κ3) is 49.9. The van der Waals surface area contributed by atoms with Crippen LogP contribution in [0.2, 0.25) is 0 Å². The number of benzene rings is 4. The number of hydrogen-bond acceptors (Lipinski definition) is 14. The van der Waals surface area contributed by atoms with Gasteiger partial charge in [0.1, 0.15) is 23.9 Å². The fourth-order valence-corrected chi connectivity index (χ4v) is 11.4. The monoisotopic (exact) mass is 1500 g/mol. The zero-order chi connectivity index (χ0) is 81.5. The van der Waals surface area contributed by atoms with Gasteiger partial charge < -0.3 is 57.2 Å². The molecule has 8 atom stereocenters. The van der Waals surface area contributed by atoms with Crippen molar-refractivity contribution < 1.29 is 66.8 Å². The van der Waals surface area contributed by atoms with E-state index in [1.165, 1.54) is 55.5 Å². The van der Waals surface area contributed by atoms with Crippen LogP contribution in [-0.4, -0.2) is 126 Å². The number of carbonyl (C=O) groups is 2. The minimum Gasteiger partial charge on any atom is -0.508 e. The molecule has 1 aliphatic heterocycles. The van der Waals surface area contributed by atoms with Gasteiger partial charge >= 0.3 is 11.9 Å². The second kappa shape index (κ2) is 58.1. The Balaban J connectivity index is 0.00000125. The van der Waals surface area contributed by atoms with Crippen molar-refractivity contribution in [1.29, 1.82) is 0 Å². The van der Waals surface area contributed by atoms with Crippen LogP contribution < -0.4 is 9.47 Å².